The van der Waals surface area contributed by atoms with Gasteiger partial charge < -0.3 is 69.5 Å². The van der Waals surface area contributed by atoms with Gasteiger partial charge in [0.05, 0.1) is 76.9 Å². The summed E-state index contributed by atoms with van der Waals surface area (Å²) in [7, 11) is 0. The van der Waals surface area contributed by atoms with Crippen LogP contribution in [0.15, 0.2) is 116 Å². The molecule has 0 saturated carbocycles. The molecule has 0 spiro atoms. The summed E-state index contributed by atoms with van der Waals surface area (Å²) in [6.07, 6.45) is 33.9. The van der Waals surface area contributed by atoms with E-state index in [0.717, 1.165) is 163 Å². The summed E-state index contributed by atoms with van der Waals surface area (Å²) in [5.74, 6) is 2.34. The number of aliphatic hydroxyl groups excluding tert-OH is 6. The van der Waals surface area contributed by atoms with Crippen LogP contribution >= 0.6 is 0 Å². The molecule has 10 N–H and O–H groups in total. The van der Waals surface area contributed by atoms with Crippen molar-refractivity contribution in [2.45, 2.75) is 387 Å². The smallest absolute Gasteiger partial charge is 0.202 e. The minimum atomic E-state index is -0.895. The highest BCUT2D eigenvalue weighted by Crippen LogP contribution is 2.56. The van der Waals surface area contributed by atoms with E-state index in [2.05, 4.69) is 214 Å². The minimum absolute atomic E-state index is 0.00368. The molecule has 10 heterocycles. The van der Waals surface area contributed by atoms with Crippen molar-refractivity contribution >= 4 is 45.4 Å². The highest BCUT2D eigenvalue weighted by atomic mass is 16.6. The molecule has 8 aromatic rings. The van der Waals surface area contributed by atoms with Crippen LogP contribution in [0.4, 0.5) is 0 Å². The zero-order valence-electron chi connectivity index (χ0n) is 86.4. The van der Waals surface area contributed by atoms with Crippen molar-refractivity contribution in [3.8, 4) is 0 Å². The summed E-state index contributed by atoms with van der Waals surface area (Å²) in [6.45, 7) is 45.8. The molecular formula is C115H157N9O14. The molecule has 9 aliphatic rings. The molecule has 5 fully saturated rings. The number of benzene rings is 3. The molecule has 3 aromatic carbocycles. The van der Waals surface area contributed by atoms with Gasteiger partial charge in [-0.2, -0.15) is 0 Å². The number of aliphatic hydroxyl groups is 6. The number of hydrogen-bond donors (Lipinski definition) is 10. The van der Waals surface area contributed by atoms with Crippen LogP contribution in [-0.4, -0.2) is 182 Å². The van der Waals surface area contributed by atoms with E-state index in [1.807, 2.05) is 69.2 Å². The van der Waals surface area contributed by atoms with Crippen LogP contribution in [0.5, 0.6) is 0 Å². The summed E-state index contributed by atoms with van der Waals surface area (Å²) < 4.78 is 24.8. The Bertz CT molecular complexity index is 5470. The number of nitrogens with one attached hydrogen (secondary N) is 4. The summed E-state index contributed by atoms with van der Waals surface area (Å²) >= 11 is 0. The van der Waals surface area contributed by atoms with Gasteiger partial charge in [-0.1, -0.05) is 140 Å². The maximum absolute atomic E-state index is 13.0. The Morgan fingerprint density at radius 2 is 0.616 bits per heavy atom. The molecule has 23 nitrogen and oxygen atoms in total. The van der Waals surface area contributed by atoms with Gasteiger partial charge in [0.1, 0.15) is 12.2 Å². The zero-order valence-corrected chi connectivity index (χ0v) is 86.4. The van der Waals surface area contributed by atoms with Crippen LogP contribution in [0.3, 0.4) is 0 Å². The maximum Gasteiger partial charge on any atom is 0.202 e. The molecule has 5 aliphatic heterocycles. The predicted octanol–water partition coefficient (Wildman–Crippen LogP) is 21.7. The molecule has 0 radical (unpaired) electrons. The van der Waals surface area contributed by atoms with Gasteiger partial charge in [-0.15, -0.1) is 0 Å². The molecular weight excluding hydrogens is 1730 g/mol. The lowest BCUT2D eigenvalue weighted by atomic mass is 9.74. The second kappa shape index (κ2) is 40.7. The fraction of sp³-hybridized carbons (Fsp3) is 0.591. The summed E-state index contributed by atoms with van der Waals surface area (Å²) in [5.41, 5.74) is 18.2. The van der Waals surface area contributed by atoms with Crippen molar-refractivity contribution in [1.29, 1.82) is 0 Å². The fourth-order valence-electron chi connectivity index (χ4n) is 23.2. The van der Waals surface area contributed by atoms with Crippen molar-refractivity contribution in [3.05, 3.63) is 229 Å². The number of fused-ring (bicyclic) bond motifs is 2. The van der Waals surface area contributed by atoms with Crippen LogP contribution in [0.1, 0.15) is 409 Å². The molecule has 17 rings (SSSR count). The van der Waals surface area contributed by atoms with Gasteiger partial charge >= 0.3 is 0 Å². The highest BCUT2D eigenvalue weighted by Gasteiger charge is 2.62. The number of rotatable bonds is 24. The number of hydrogen-bond acceptors (Lipinski definition) is 19. The summed E-state index contributed by atoms with van der Waals surface area (Å²) in [5, 5.41) is 61.5. The first-order valence-corrected chi connectivity index (χ1v) is 50.6. The van der Waals surface area contributed by atoms with Crippen LogP contribution in [0.2, 0.25) is 0 Å². The molecule has 138 heavy (non-hydrogen) atoms. The Hall–Kier alpha value is -9.11. The van der Waals surface area contributed by atoms with Gasteiger partial charge in [-0.3, -0.25) is 24.2 Å². The zero-order chi connectivity index (χ0) is 100. The van der Waals surface area contributed by atoms with E-state index in [-0.39, 0.29) is 94.8 Å². The number of Topliss-reactive ketones (excluding diaryl/α,β-unsaturated/α-hetero) is 4. The van der Waals surface area contributed by atoms with E-state index in [9.17, 15) is 49.8 Å². The number of imidazole rings is 4. The molecule has 3 unspecified atom stereocenters. The number of carbonyl (C=O) groups excluding carboxylic acids is 4. The van der Waals surface area contributed by atoms with Gasteiger partial charge in [-0.25, -0.2) is 19.9 Å². The van der Waals surface area contributed by atoms with Crippen LogP contribution in [0, 0.1) is 49.4 Å². The SMILES string of the molecule is Cc1cnc(C(=O)Cc2ccc(C3CC(C)(C)OC(C)(C)C3)nc2C2=CCC(C)(C)CC2)[nH]1.Cc1cnc(C(=O)Cc2ccc(C3C[C@@]4(C)O[C@@](C)(C3)[C@H](O)[C@@H]4O)cc2C2=CCC(C)(C)CC2)[nH]1.Cc1cnc(C(=O)Cc2ccc(C3C[C@](C)(CO)O[C@](C)(CO)C3)cc2C2=CCC(C)(C)CC2)[nH]1.Cc1cnc(C(=O)Cc2ccc(C3C[C@](C)(CO)O[C@](C)(CO)C3)cc2C2=CCC(C)(C)CC2)[nH]1. The van der Waals surface area contributed by atoms with Gasteiger partial charge in [-0.05, 0) is 349 Å². The van der Waals surface area contributed by atoms with Crippen LogP contribution < -0.4 is 0 Å². The number of pyridine rings is 1. The van der Waals surface area contributed by atoms with Crippen molar-refractivity contribution in [3.63, 3.8) is 0 Å². The minimum Gasteiger partial charge on any atom is -0.393 e. The first-order valence-electron chi connectivity index (χ1n) is 50.6. The Morgan fingerprint density at radius 1 is 0.341 bits per heavy atom. The van der Waals surface area contributed by atoms with Gasteiger partial charge in [0.25, 0.3) is 0 Å². The number of allylic oxidation sites excluding steroid dienone is 8. The molecule has 746 valence electrons. The molecule has 5 aromatic heterocycles. The van der Waals surface area contributed by atoms with Crippen LogP contribution in [0.25, 0.3) is 22.3 Å². The van der Waals surface area contributed by atoms with Gasteiger partial charge in [0.15, 0.2) is 23.3 Å². The number of aryl methyl sites for hydroxylation is 4. The van der Waals surface area contributed by atoms with E-state index in [1.54, 1.807) is 24.8 Å². The lowest BCUT2D eigenvalue weighted by Gasteiger charge is -2.47. The van der Waals surface area contributed by atoms with Crippen molar-refractivity contribution < 1.29 is 68.8 Å². The highest BCUT2D eigenvalue weighted by molar-refractivity contribution is 5.97. The summed E-state index contributed by atoms with van der Waals surface area (Å²) in [4.78, 5) is 86.5. The van der Waals surface area contributed by atoms with Crippen molar-refractivity contribution in [2.75, 3.05) is 26.4 Å². The monoisotopic (exact) mass is 1890 g/mol. The standard InChI is InChI=1S/C29H38N2O4.2C29H40N2O4.C28H39N3O2/c1-17-16-30-26(31-17)23(32)13-20-7-6-19(12-22(20)18-8-10-27(2,3)11-9-18)21-14-28(4)24(33)25(34)29(5,15-21)35-28;2*1-19-16-30-26(31-19)25(34)13-22-7-6-21(12-24(22)20-8-10-27(2,3)11-9-20)23-14-28(4,17-32)35-29(5,15-23)18-33;1-18-17-29-25(30-18)23(32)14-20-8-9-22(21-15-27(4,5)33-28(6,7)16-21)31-24(20)19-10-12-26(2,3)13-11-19/h6-8,12,16,21,24-25,33-34H,9-11,13-15H2,1-5H3,(H,30,31);2*6-8,12,16,23,32-33H,9-11,13-15,17-18H2,1-5H3,(H,30,31);8-10,17,21H,11-16H2,1-7H3,(H,29,30)/t21?,24-,25+,28+,29-;2*23?,28-,29+;. The molecule has 4 aliphatic carbocycles. The number of aromatic amines is 4. The van der Waals surface area contributed by atoms with Crippen molar-refractivity contribution in [1.82, 2.24) is 44.9 Å². The number of ether oxygens (including phenoxy) is 4. The Balaban J connectivity index is 0.000000147. The summed E-state index contributed by atoms with van der Waals surface area (Å²) in [6, 6.07) is 23.6. The van der Waals surface area contributed by atoms with Crippen LogP contribution in [-0.2, 0) is 44.6 Å². The third-order valence-corrected chi connectivity index (χ3v) is 31.1. The average molecular weight is 1890 g/mol. The second-order valence-electron chi connectivity index (χ2n) is 48.2. The first-order chi connectivity index (χ1) is 64.6. The number of carbonyl (C=O) groups is 4. The lowest BCUT2D eigenvalue weighted by Crippen LogP contribution is -2.51. The number of aromatic nitrogens is 9. The maximum atomic E-state index is 13.0. The van der Waals surface area contributed by atoms with E-state index >= 15 is 0 Å². The predicted molar refractivity (Wildman–Crippen MR) is 543 cm³/mol. The Morgan fingerprint density at radius 3 is 0.884 bits per heavy atom. The molecule has 0 amide bonds. The van der Waals surface area contributed by atoms with E-state index in [4.69, 9.17) is 23.9 Å². The van der Waals surface area contributed by atoms with Gasteiger partial charge in [0, 0.05) is 84.9 Å². The lowest BCUT2D eigenvalue weighted by molar-refractivity contribution is -0.208. The molecule has 23 heteroatoms. The molecule has 5 saturated heterocycles. The normalized spacial score (nSPS) is 28.4. The molecule has 11 atom stereocenters. The second-order valence-corrected chi connectivity index (χ2v) is 48.2. The third-order valence-electron chi connectivity index (χ3n) is 31.1. The van der Waals surface area contributed by atoms with Gasteiger partial charge in [0.2, 0.25) is 23.1 Å². The number of ketones is 4. The third kappa shape index (κ3) is 25.1. The van der Waals surface area contributed by atoms with Crippen molar-refractivity contribution in [2.24, 2.45) is 21.7 Å². The number of nitrogens with zero attached hydrogens (tertiary/aromatic N) is 5. The molecule has 2 bridgehead atoms. The fourth-order valence-corrected chi connectivity index (χ4v) is 23.2. The quantitative estimate of drug-likeness (QED) is 0.0251. The van der Waals surface area contributed by atoms with E-state index in [0.29, 0.717) is 98.8 Å². The number of H-pyrrole nitrogens is 4. The Labute approximate surface area is 818 Å². The van der Waals surface area contributed by atoms with E-state index < -0.39 is 45.8 Å². The Kier molecular flexibility index (Phi) is 30.9. The first kappa shape index (κ1) is 105. The largest absolute Gasteiger partial charge is 0.393 e. The average Bonchev–Trinajstić information content (AvgIpc) is 1.56. The topological polar surface area (TPSA) is 354 Å². The van der Waals surface area contributed by atoms with E-state index in [1.165, 1.54) is 39.0 Å².